The average molecular weight is 303 g/mol. The van der Waals surface area contributed by atoms with E-state index in [1.807, 2.05) is 24.3 Å². The number of thiophene rings is 1. The molecule has 0 aliphatic heterocycles. The Labute approximate surface area is 91.9 Å². The van der Waals surface area contributed by atoms with Crippen molar-refractivity contribution in [3.8, 4) is 6.07 Å². The zero-order valence-electron chi connectivity index (χ0n) is 6.34. The van der Waals surface area contributed by atoms with E-state index < -0.39 is 0 Å². The molecule has 0 atom stereocenters. The maximum absolute atomic E-state index is 13.1. The molecule has 0 unspecified atom stereocenters. The Hall–Kier alpha value is -0.670. The number of nitrogens with zero attached hydrogens (tertiary/aromatic N) is 1. The van der Waals surface area contributed by atoms with Gasteiger partial charge in [0, 0.05) is 13.7 Å². The van der Waals surface area contributed by atoms with Gasteiger partial charge in [0.05, 0.1) is 0 Å². The lowest BCUT2D eigenvalue weighted by molar-refractivity contribution is 0.655. The zero-order valence-corrected chi connectivity index (χ0v) is 9.32. The first-order valence-corrected chi connectivity index (χ1v) is 5.39. The summed E-state index contributed by atoms with van der Waals surface area (Å²) in [5, 5.41) is 9.04. The van der Waals surface area contributed by atoms with Crippen molar-refractivity contribution < 1.29 is 4.39 Å². The molecule has 0 aliphatic rings. The number of rotatable bonds is 0. The van der Waals surface area contributed by atoms with E-state index in [1.54, 1.807) is 0 Å². The molecule has 1 heterocycles. The van der Waals surface area contributed by atoms with Gasteiger partial charge < -0.3 is 0 Å². The van der Waals surface area contributed by atoms with Gasteiger partial charge in [0.2, 0.25) is 0 Å². The molecule has 4 heteroatoms. The molecule has 13 heavy (non-hydrogen) atoms. The number of benzene rings is 1. The first-order chi connectivity index (χ1) is 6.22. The fourth-order valence-electron chi connectivity index (χ4n) is 1.14. The molecular formula is C9H3FINS. The number of fused-ring (bicyclic) bond motifs is 1. The van der Waals surface area contributed by atoms with E-state index in [2.05, 4.69) is 22.6 Å². The topological polar surface area (TPSA) is 23.8 Å². The summed E-state index contributed by atoms with van der Waals surface area (Å²) in [4.78, 5) is 0. The molecule has 0 saturated heterocycles. The van der Waals surface area contributed by atoms with E-state index in [1.165, 1.54) is 0 Å². The summed E-state index contributed by atoms with van der Waals surface area (Å²) in [6, 6.07) is 7.45. The highest BCUT2D eigenvalue weighted by Gasteiger charge is 2.10. The Balaban J connectivity index is 2.91. The third-order valence-corrected chi connectivity index (χ3v) is 3.35. The van der Waals surface area contributed by atoms with Gasteiger partial charge in [-0.25, -0.2) is 0 Å². The summed E-state index contributed by atoms with van der Waals surface area (Å²) < 4.78 is 15.0. The molecule has 1 aromatic carbocycles. The van der Waals surface area contributed by atoms with E-state index in [0.717, 1.165) is 25.0 Å². The monoisotopic (exact) mass is 303 g/mol. The van der Waals surface area contributed by atoms with Crippen molar-refractivity contribution in [2.24, 2.45) is 0 Å². The maximum Gasteiger partial charge on any atom is 0.195 e. The van der Waals surface area contributed by atoms with E-state index in [-0.39, 0.29) is 10.7 Å². The molecule has 0 amide bonds. The summed E-state index contributed by atoms with van der Waals surface area (Å²) in [7, 11) is 0. The molecular weight excluding hydrogens is 300 g/mol. The summed E-state index contributed by atoms with van der Waals surface area (Å²) in [5.41, 5.74) is 0.165. The van der Waals surface area contributed by atoms with Crippen molar-refractivity contribution in [2.75, 3.05) is 0 Å². The highest BCUT2D eigenvalue weighted by molar-refractivity contribution is 14.1. The van der Waals surface area contributed by atoms with E-state index >= 15 is 0 Å². The normalized spacial score (nSPS) is 10.2. The minimum atomic E-state index is -0.389. The van der Waals surface area contributed by atoms with Gasteiger partial charge in [0.1, 0.15) is 11.6 Å². The minimum absolute atomic E-state index is 0.165. The van der Waals surface area contributed by atoms with Crippen LogP contribution in [0.2, 0.25) is 0 Å². The van der Waals surface area contributed by atoms with Crippen molar-refractivity contribution >= 4 is 44.0 Å². The second-order valence-electron chi connectivity index (χ2n) is 2.50. The van der Waals surface area contributed by atoms with Crippen LogP contribution in [-0.4, -0.2) is 0 Å². The second-order valence-corrected chi connectivity index (χ2v) is 4.75. The number of hydrogen-bond acceptors (Lipinski definition) is 2. The van der Waals surface area contributed by atoms with Crippen molar-refractivity contribution in [1.29, 1.82) is 5.26 Å². The van der Waals surface area contributed by atoms with E-state index in [9.17, 15) is 4.39 Å². The van der Waals surface area contributed by atoms with Crippen LogP contribution in [0.5, 0.6) is 0 Å². The van der Waals surface area contributed by atoms with Crippen LogP contribution < -0.4 is 0 Å². The molecule has 0 bridgehead atoms. The molecule has 1 aromatic heterocycles. The van der Waals surface area contributed by atoms with Crippen LogP contribution >= 0.6 is 33.9 Å². The van der Waals surface area contributed by atoms with Gasteiger partial charge in [0.15, 0.2) is 5.13 Å². The summed E-state index contributed by atoms with van der Waals surface area (Å²) >= 11 is 3.16. The first-order valence-electron chi connectivity index (χ1n) is 3.50. The second kappa shape index (κ2) is 3.24. The Bertz CT molecular complexity index is 512. The third-order valence-electron chi connectivity index (χ3n) is 1.72. The molecule has 0 saturated carbocycles. The van der Waals surface area contributed by atoms with Crippen molar-refractivity contribution in [3.63, 3.8) is 0 Å². The fourth-order valence-corrected chi connectivity index (χ4v) is 2.49. The smallest absolute Gasteiger partial charge is 0.194 e. The lowest BCUT2D eigenvalue weighted by Crippen LogP contribution is -1.75. The van der Waals surface area contributed by atoms with E-state index in [4.69, 9.17) is 5.26 Å². The quantitative estimate of drug-likeness (QED) is 0.683. The molecule has 0 spiro atoms. The van der Waals surface area contributed by atoms with Gasteiger partial charge in [-0.05, 0) is 40.8 Å². The molecule has 2 aromatic rings. The number of halogens is 2. The average Bonchev–Trinajstić information content (AvgIpc) is 2.40. The molecule has 0 radical (unpaired) electrons. The standard InChI is InChI=1S/C9H3FINS/c10-9-7(4-12)6-3-5(11)1-2-8(6)13-9/h1-3H. The maximum atomic E-state index is 13.1. The predicted molar refractivity (Wildman–Crippen MR) is 59.2 cm³/mol. The van der Waals surface area contributed by atoms with Crippen LogP contribution in [0.25, 0.3) is 10.1 Å². The van der Waals surface area contributed by atoms with Gasteiger partial charge in [0.25, 0.3) is 0 Å². The van der Waals surface area contributed by atoms with Gasteiger partial charge in [-0.15, -0.1) is 11.3 Å². The molecule has 1 nitrogen and oxygen atoms in total. The lowest BCUT2D eigenvalue weighted by atomic mass is 10.2. The first kappa shape index (κ1) is 8.91. The van der Waals surface area contributed by atoms with Crippen LogP contribution in [0, 0.1) is 20.0 Å². The summed E-state index contributed by atoms with van der Waals surface area (Å²) in [6.07, 6.45) is 0. The third kappa shape index (κ3) is 1.42. The Morgan fingerprint density at radius 2 is 2.23 bits per heavy atom. The van der Waals surface area contributed by atoms with Crippen LogP contribution in [0.3, 0.4) is 0 Å². The fraction of sp³-hybridized carbons (Fsp3) is 0. The Kier molecular flexibility index (Phi) is 2.22. The molecule has 64 valence electrons. The lowest BCUT2D eigenvalue weighted by Gasteiger charge is -1.90. The highest BCUT2D eigenvalue weighted by Crippen LogP contribution is 2.30. The summed E-state index contributed by atoms with van der Waals surface area (Å²) in [6.45, 7) is 0. The SMILES string of the molecule is N#Cc1c(F)sc2ccc(I)cc12. The van der Waals surface area contributed by atoms with Crippen LogP contribution in [0.4, 0.5) is 4.39 Å². The number of nitriles is 1. The van der Waals surface area contributed by atoms with Gasteiger partial charge in [-0.1, -0.05) is 0 Å². The van der Waals surface area contributed by atoms with Crippen molar-refractivity contribution in [1.82, 2.24) is 0 Å². The molecule has 2 rings (SSSR count). The van der Waals surface area contributed by atoms with Gasteiger partial charge >= 0.3 is 0 Å². The summed E-state index contributed by atoms with van der Waals surface area (Å²) in [5.74, 6) is 0. The van der Waals surface area contributed by atoms with Gasteiger partial charge in [-0.3, -0.25) is 0 Å². The molecule has 0 fully saturated rings. The van der Waals surface area contributed by atoms with Crippen molar-refractivity contribution in [3.05, 3.63) is 32.5 Å². The van der Waals surface area contributed by atoms with Gasteiger partial charge in [-0.2, -0.15) is 9.65 Å². The van der Waals surface area contributed by atoms with Crippen LogP contribution in [-0.2, 0) is 0 Å². The Morgan fingerprint density at radius 1 is 1.46 bits per heavy atom. The van der Waals surface area contributed by atoms with Crippen LogP contribution in [0.15, 0.2) is 18.2 Å². The van der Waals surface area contributed by atoms with E-state index in [0.29, 0.717) is 0 Å². The Morgan fingerprint density at radius 3 is 2.92 bits per heavy atom. The predicted octanol–water partition coefficient (Wildman–Crippen LogP) is 3.52. The zero-order chi connectivity index (χ0) is 9.42. The van der Waals surface area contributed by atoms with Crippen LogP contribution in [0.1, 0.15) is 5.56 Å². The molecule has 0 N–H and O–H groups in total. The largest absolute Gasteiger partial charge is 0.195 e. The molecule has 0 aliphatic carbocycles. The highest BCUT2D eigenvalue weighted by atomic mass is 127. The minimum Gasteiger partial charge on any atom is -0.194 e. The number of hydrogen-bond donors (Lipinski definition) is 0. The van der Waals surface area contributed by atoms with Crippen molar-refractivity contribution in [2.45, 2.75) is 0 Å².